The Morgan fingerprint density at radius 3 is 2.75 bits per heavy atom. The lowest BCUT2D eigenvalue weighted by Crippen LogP contribution is -2.34. The minimum atomic E-state index is 0.747. The number of nitrogens with one attached hydrogen (secondary N) is 1. The zero-order valence-corrected chi connectivity index (χ0v) is 10.4. The van der Waals surface area contributed by atoms with E-state index in [1.54, 1.807) is 0 Å². The predicted molar refractivity (Wildman–Crippen MR) is 66.3 cm³/mol. The zero-order valence-electron chi connectivity index (χ0n) is 10.4. The molecule has 1 heterocycles. The summed E-state index contributed by atoms with van der Waals surface area (Å²) in [4.78, 5) is 4.33. The van der Waals surface area contributed by atoms with Crippen LogP contribution in [0.5, 0.6) is 0 Å². The van der Waals surface area contributed by atoms with Crippen LogP contribution >= 0.6 is 0 Å². The molecule has 2 rings (SSSR count). The first-order valence-electron chi connectivity index (χ1n) is 6.45. The molecule has 90 valence electrons. The second kappa shape index (κ2) is 5.48. The van der Waals surface area contributed by atoms with Crippen LogP contribution in [0.4, 0.5) is 0 Å². The van der Waals surface area contributed by atoms with Gasteiger partial charge < -0.3 is 9.88 Å². The molecule has 0 amide bonds. The topological polar surface area (TPSA) is 29.9 Å². The quantitative estimate of drug-likeness (QED) is 0.844. The van der Waals surface area contributed by atoms with Crippen molar-refractivity contribution in [1.82, 2.24) is 14.9 Å². The molecule has 1 aromatic heterocycles. The van der Waals surface area contributed by atoms with Gasteiger partial charge in [0.1, 0.15) is 5.82 Å². The van der Waals surface area contributed by atoms with E-state index in [4.69, 9.17) is 0 Å². The molecule has 3 nitrogen and oxygen atoms in total. The number of aryl methyl sites for hydroxylation is 1. The van der Waals surface area contributed by atoms with Crippen molar-refractivity contribution in [3.63, 3.8) is 0 Å². The van der Waals surface area contributed by atoms with E-state index in [9.17, 15) is 0 Å². The monoisotopic (exact) mass is 221 g/mol. The average molecular weight is 221 g/mol. The zero-order chi connectivity index (χ0) is 11.4. The lowest BCUT2D eigenvalue weighted by molar-refractivity contribution is 0.308. The number of rotatable bonds is 4. The first kappa shape index (κ1) is 11.6. The molecule has 1 N–H and O–H groups in total. The van der Waals surface area contributed by atoms with Crippen LogP contribution in [-0.4, -0.2) is 22.1 Å². The van der Waals surface area contributed by atoms with Crippen LogP contribution in [-0.2, 0) is 13.5 Å². The van der Waals surface area contributed by atoms with Crippen LogP contribution in [0.3, 0.4) is 0 Å². The molecule has 0 aliphatic heterocycles. The Balaban J connectivity index is 1.67. The van der Waals surface area contributed by atoms with Crippen LogP contribution in [0.15, 0.2) is 12.4 Å². The number of hydrogen-bond donors (Lipinski definition) is 1. The Morgan fingerprint density at radius 2 is 2.12 bits per heavy atom. The second-order valence-corrected chi connectivity index (χ2v) is 5.12. The molecule has 0 unspecified atom stereocenters. The molecule has 1 fully saturated rings. The molecule has 0 spiro atoms. The van der Waals surface area contributed by atoms with E-state index in [0.29, 0.717) is 0 Å². The van der Waals surface area contributed by atoms with Gasteiger partial charge in [-0.15, -0.1) is 0 Å². The normalized spacial score (nSPS) is 25.9. The van der Waals surface area contributed by atoms with Gasteiger partial charge in [0.25, 0.3) is 0 Å². The highest BCUT2D eigenvalue weighted by molar-refractivity contribution is 4.91. The molecule has 0 bridgehead atoms. The molecule has 0 radical (unpaired) electrons. The predicted octanol–water partition coefficient (Wildman–Crippen LogP) is 2.13. The molecular weight excluding hydrogens is 198 g/mol. The standard InChI is InChI=1S/C13H23N3/c1-11-3-5-12(6-4-11)14-8-7-13-15-9-10-16(13)2/h9-12,14H,3-8H2,1-2H3. The van der Waals surface area contributed by atoms with Crippen molar-refractivity contribution in [2.75, 3.05) is 6.54 Å². The molecule has 1 aromatic rings. The summed E-state index contributed by atoms with van der Waals surface area (Å²) in [6.45, 7) is 3.42. The van der Waals surface area contributed by atoms with Gasteiger partial charge in [0.05, 0.1) is 0 Å². The van der Waals surface area contributed by atoms with Crippen molar-refractivity contribution in [2.45, 2.75) is 45.1 Å². The SMILES string of the molecule is CC1CCC(NCCc2nccn2C)CC1. The number of nitrogens with zero attached hydrogens (tertiary/aromatic N) is 2. The van der Waals surface area contributed by atoms with Crippen LogP contribution in [0.1, 0.15) is 38.4 Å². The lowest BCUT2D eigenvalue weighted by Gasteiger charge is -2.26. The summed E-state index contributed by atoms with van der Waals surface area (Å²) in [5, 5.41) is 3.65. The van der Waals surface area contributed by atoms with Gasteiger partial charge >= 0.3 is 0 Å². The third kappa shape index (κ3) is 3.08. The maximum Gasteiger partial charge on any atom is 0.109 e. The molecule has 0 saturated heterocycles. The molecule has 1 aliphatic carbocycles. The maximum absolute atomic E-state index is 4.33. The molecule has 16 heavy (non-hydrogen) atoms. The fourth-order valence-corrected chi connectivity index (χ4v) is 2.49. The third-order valence-electron chi connectivity index (χ3n) is 3.72. The highest BCUT2D eigenvalue weighted by Crippen LogP contribution is 2.23. The smallest absolute Gasteiger partial charge is 0.109 e. The summed E-state index contributed by atoms with van der Waals surface area (Å²) in [5.74, 6) is 2.12. The molecule has 3 heteroatoms. The van der Waals surface area contributed by atoms with Gasteiger partial charge in [-0.2, -0.15) is 0 Å². The summed E-state index contributed by atoms with van der Waals surface area (Å²) in [7, 11) is 2.06. The number of hydrogen-bond acceptors (Lipinski definition) is 2. The second-order valence-electron chi connectivity index (χ2n) is 5.12. The summed E-state index contributed by atoms with van der Waals surface area (Å²) >= 11 is 0. The fourth-order valence-electron chi connectivity index (χ4n) is 2.49. The summed E-state index contributed by atoms with van der Waals surface area (Å²) in [6.07, 6.45) is 10.4. The van der Waals surface area contributed by atoms with Gasteiger partial charge in [0, 0.05) is 38.4 Å². The van der Waals surface area contributed by atoms with E-state index in [2.05, 4.69) is 28.8 Å². The Labute approximate surface area is 98.3 Å². The Kier molecular flexibility index (Phi) is 3.99. The first-order valence-corrected chi connectivity index (χ1v) is 6.45. The minimum Gasteiger partial charge on any atom is -0.338 e. The van der Waals surface area contributed by atoms with Gasteiger partial charge in [-0.05, 0) is 31.6 Å². The maximum atomic E-state index is 4.33. The van der Waals surface area contributed by atoms with Crippen LogP contribution in [0, 0.1) is 5.92 Å². The van der Waals surface area contributed by atoms with Gasteiger partial charge in [-0.1, -0.05) is 6.92 Å². The van der Waals surface area contributed by atoms with E-state index >= 15 is 0 Å². The molecule has 0 atom stereocenters. The largest absolute Gasteiger partial charge is 0.338 e. The van der Waals surface area contributed by atoms with Gasteiger partial charge in [-0.3, -0.25) is 0 Å². The first-order chi connectivity index (χ1) is 7.75. The van der Waals surface area contributed by atoms with Gasteiger partial charge in [0.15, 0.2) is 0 Å². The van der Waals surface area contributed by atoms with Crippen LogP contribution in [0.2, 0.25) is 0 Å². The minimum absolute atomic E-state index is 0.747. The van der Waals surface area contributed by atoms with E-state index in [0.717, 1.165) is 24.9 Å². The molecule has 1 aliphatic rings. The van der Waals surface area contributed by atoms with Crippen molar-refractivity contribution in [2.24, 2.45) is 13.0 Å². The van der Waals surface area contributed by atoms with Crippen molar-refractivity contribution in [3.05, 3.63) is 18.2 Å². The number of aromatic nitrogens is 2. The third-order valence-corrected chi connectivity index (χ3v) is 3.72. The van der Waals surface area contributed by atoms with Crippen LogP contribution in [0.25, 0.3) is 0 Å². The highest BCUT2D eigenvalue weighted by Gasteiger charge is 2.17. The fraction of sp³-hybridized carbons (Fsp3) is 0.769. The van der Waals surface area contributed by atoms with Crippen molar-refractivity contribution >= 4 is 0 Å². The molecular formula is C13H23N3. The van der Waals surface area contributed by atoms with E-state index in [1.807, 2.05) is 12.4 Å². The summed E-state index contributed by atoms with van der Waals surface area (Å²) < 4.78 is 2.10. The lowest BCUT2D eigenvalue weighted by atomic mass is 9.87. The molecule has 1 saturated carbocycles. The van der Waals surface area contributed by atoms with Crippen molar-refractivity contribution < 1.29 is 0 Å². The van der Waals surface area contributed by atoms with Crippen molar-refractivity contribution in [1.29, 1.82) is 0 Å². The highest BCUT2D eigenvalue weighted by atomic mass is 15.0. The Morgan fingerprint density at radius 1 is 1.38 bits per heavy atom. The Hall–Kier alpha value is -0.830. The average Bonchev–Trinajstić information content (AvgIpc) is 2.68. The van der Waals surface area contributed by atoms with Crippen LogP contribution < -0.4 is 5.32 Å². The van der Waals surface area contributed by atoms with E-state index in [-0.39, 0.29) is 0 Å². The van der Waals surface area contributed by atoms with Gasteiger partial charge in [0.2, 0.25) is 0 Å². The molecule has 0 aromatic carbocycles. The van der Waals surface area contributed by atoms with Gasteiger partial charge in [-0.25, -0.2) is 4.98 Å². The number of imidazole rings is 1. The van der Waals surface area contributed by atoms with Crippen molar-refractivity contribution in [3.8, 4) is 0 Å². The van der Waals surface area contributed by atoms with E-state index in [1.165, 1.54) is 31.5 Å². The summed E-state index contributed by atoms with van der Waals surface area (Å²) in [5.41, 5.74) is 0. The van der Waals surface area contributed by atoms with E-state index < -0.39 is 0 Å². The summed E-state index contributed by atoms with van der Waals surface area (Å²) in [6, 6.07) is 0.747. The Bertz CT molecular complexity index is 311.